The Morgan fingerprint density at radius 1 is 1.50 bits per heavy atom. The highest BCUT2D eigenvalue weighted by Crippen LogP contribution is 2.23. The average Bonchev–Trinajstić information content (AvgIpc) is 1.31. The third-order valence-electron chi connectivity index (χ3n) is 1.34. The molecule has 0 aromatic heterocycles. The number of rotatable bonds is 1. The maximum atomic E-state index is 4.70. The molecule has 0 spiro atoms. The van der Waals surface area contributed by atoms with E-state index in [0.29, 0.717) is 0 Å². The molecule has 0 aromatic carbocycles. The first-order valence-electron chi connectivity index (χ1n) is 2.39. The van der Waals surface area contributed by atoms with Gasteiger partial charge in [0.1, 0.15) is 0 Å². The molecular weight excluding hydrogens is 92.1 g/mol. The molecule has 34 valence electrons. The molecule has 0 N–H and O–H groups in total. The monoisotopic (exact) mass is 100 g/mol. The Hall–Kier alpha value is 0.0900. The Balaban J connectivity index is 2.16. The van der Waals surface area contributed by atoms with Crippen LogP contribution in [0.4, 0.5) is 0 Å². The lowest BCUT2D eigenvalue weighted by atomic mass is 9.87. The van der Waals surface area contributed by atoms with Crippen LogP contribution in [0.15, 0.2) is 0 Å². The summed E-state index contributed by atoms with van der Waals surface area (Å²) < 4.78 is 0. The van der Waals surface area contributed by atoms with Crippen molar-refractivity contribution in [1.29, 1.82) is 0 Å². The Bertz CT molecular complexity index is 55.0. The molecule has 6 heavy (non-hydrogen) atoms. The van der Waals surface area contributed by atoms with E-state index in [2.05, 4.69) is 0 Å². The molecule has 0 radical (unpaired) electrons. The first-order valence-corrected chi connectivity index (χ1v) is 2.86. The molecule has 0 unspecified atom stereocenters. The highest BCUT2D eigenvalue weighted by Gasteiger charge is 2.12. The van der Waals surface area contributed by atoms with Gasteiger partial charge in [-0.25, -0.2) is 0 Å². The zero-order valence-corrected chi connectivity index (χ0v) is 4.50. The third kappa shape index (κ3) is 0.597. The summed E-state index contributed by atoms with van der Waals surface area (Å²) in [6.45, 7) is 0. The zero-order chi connectivity index (χ0) is 4.41. The van der Waals surface area contributed by atoms with Gasteiger partial charge in [0.2, 0.25) is 0 Å². The summed E-state index contributed by atoms with van der Waals surface area (Å²) in [5, 5.41) is 1.89. The molecule has 0 bridgehead atoms. The molecule has 0 heterocycles. The van der Waals surface area contributed by atoms with Crippen molar-refractivity contribution in [2.45, 2.75) is 19.3 Å². The van der Waals surface area contributed by atoms with Crippen LogP contribution in [-0.2, 0) is 0 Å². The molecule has 1 fully saturated rings. The van der Waals surface area contributed by atoms with Gasteiger partial charge in [0.05, 0.1) is 0 Å². The smallest absolute Gasteiger partial charge is 0.0128 e. The standard InChI is InChI=1S/C5H8S/c6-4-5-2-1-3-5/h4-5H,1-3H2. The molecule has 1 aliphatic carbocycles. The second-order valence-corrected chi connectivity index (χ2v) is 2.10. The normalized spacial score (nSPS) is 22.7. The van der Waals surface area contributed by atoms with E-state index in [1.807, 2.05) is 5.37 Å². The third-order valence-corrected chi connectivity index (χ3v) is 1.73. The van der Waals surface area contributed by atoms with Gasteiger partial charge in [0.25, 0.3) is 0 Å². The van der Waals surface area contributed by atoms with Crippen molar-refractivity contribution in [2.75, 3.05) is 0 Å². The second-order valence-electron chi connectivity index (χ2n) is 1.83. The van der Waals surface area contributed by atoms with Crippen LogP contribution in [0.5, 0.6) is 0 Å². The van der Waals surface area contributed by atoms with Gasteiger partial charge in [-0.05, 0) is 24.1 Å². The predicted molar refractivity (Wildman–Crippen MR) is 31.0 cm³/mol. The van der Waals surface area contributed by atoms with Gasteiger partial charge >= 0.3 is 0 Å². The van der Waals surface area contributed by atoms with Crippen molar-refractivity contribution < 1.29 is 0 Å². The maximum Gasteiger partial charge on any atom is -0.0128 e. The molecule has 0 aromatic rings. The van der Waals surface area contributed by atoms with Crippen molar-refractivity contribution >= 4 is 17.6 Å². The van der Waals surface area contributed by atoms with Crippen LogP contribution in [0.3, 0.4) is 0 Å². The van der Waals surface area contributed by atoms with Gasteiger partial charge in [0.15, 0.2) is 0 Å². The predicted octanol–water partition coefficient (Wildman–Crippen LogP) is 1.79. The van der Waals surface area contributed by atoms with Crippen LogP contribution < -0.4 is 0 Å². The number of hydrogen-bond donors (Lipinski definition) is 0. The van der Waals surface area contributed by atoms with E-state index in [0.717, 1.165) is 5.92 Å². The molecule has 0 aliphatic heterocycles. The fourth-order valence-corrected chi connectivity index (χ4v) is 0.848. The first kappa shape index (κ1) is 4.25. The van der Waals surface area contributed by atoms with Crippen molar-refractivity contribution in [3.8, 4) is 0 Å². The van der Waals surface area contributed by atoms with Crippen molar-refractivity contribution in [2.24, 2.45) is 5.92 Å². The summed E-state index contributed by atoms with van der Waals surface area (Å²) in [6, 6.07) is 0. The first-order chi connectivity index (χ1) is 2.93. The topological polar surface area (TPSA) is 0 Å². The van der Waals surface area contributed by atoms with Gasteiger partial charge in [-0.1, -0.05) is 18.6 Å². The molecule has 0 nitrogen and oxygen atoms in total. The van der Waals surface area contributed by atoms with E-state index in [-0.39, 0.29) is 0 Å². The van der Waals surface area contributed by atoms with Crippen LogP contribution in [0, 0.1) is 5.92 Å². The van der Waals surface area contributed by atoms with Crippen LogP contribution in [-0.4, -0.2) is 5.37 Å². The minimum Gasteiger partial charge on any atom is -0.0932 e. The lowest BCUT2D eigenvalue weighted by Crippen LogP contribution is -2.09. The minimum atomic E-state index is 0.806. The van der Waals surface area contributed by atoms with Gasteiger partial charge in [-0.2, -0.15) is 0 Å². The van der Waals surface area contributed by atoms with Gasteiger partial charge in [0, 0.05) is 0 Å². The summed E-state index contributed by atoms with van der Waals surface area (Å²) in [7, 11) is 0. The van der Waals surface area contributed by atoms with E-state index >= 15 is 0 Å². The summed E-state index contributed by atoms with van der Waals surface area (Å²) in [4.78, 5) is 0. The van der Waals surface area contributed by atoms with Crippen LogP contribution in [0.2, 0.25) is 0 Å². The van der Waals surface area contributed by atoms with E-state index < -0.39 is 0 Å². The fourth-order valence-electron chi connectivity index (χ4n) is 0.576. The maximum absolute atomic E-state index is 4.70. The van der Waals surface area contributed by atoms with Crippen LogP contribution in [0.1, 0.15) is 19.3 Å². The van der Waals surface area contributed by atoms with E-state index in [4.69, 9.17) is 12.2 Å². The molecule has 1 heteroatoms. The average molecular weight is 100 g/mol. The van der Waals surface area contributed by atoms with Crippen molar-refractivity contribution in [3.63, 3.8) is 0 Å². The largest absolute Gasteiger partial charge is 0.0932 e. The zero-order valence-electron chi connectivity index (χ0n) is 3.68. The molecule has 1 saturated carbocycles. The Morgan fingerprint density at radius 2 is 2.17 bits per heavy atom. The Labute approximate surface area is 43.6 Å². The minimum absolute atomic E-state index is 0.806. The van der Waals surface area contributed by atoms with Gasteiger partial charge < -0.3 is 0 Å². The quantitative estimate of drug-likeness (QED) is 0.453. The number of thiocarbonyl (C=S) groups is 1. The lowest BCUT2D eigenvalue weighted by molar-refractivity contribution is 0.424. The molecule has 0 atom stereocenters. The number of hydrogen-bond acceptors (Lipinski definition) is 1. The molecule has 0 saturated heterocycles. The molecule has 1 rings (SSSR count). The van der Waals surface area contributed by atoms with Crippen molar-refractivity contribution in [1.82, 2.24) is 0 Å². The van der Waals surface area contributed by atoms with Gasteiger partial charge in [-0.3, -0.25) is 0 Å². The van der Waals surface area contributed by atoms with E-state index in [9.17, 15) is 0 Å². The summed E-state index contributed by atoms with van der Waals surface area (Å²) in [6.07, 6.45) is 4.10. The summed E-state index contributed by atoms with van der Waals surface area (Å²) >= 11 is 4.70. The van der Waals surface area contributed by atoms with E-state index in [1.165, 1.54) is 19.3 Å². The highest BCUT2D eigenvalue weighted by atomic mass is 32.1. The van der Waals surface area contributed by atoms with Crippen LogP contribution in [0.25, 0.3) is 0 Å². The fraction of sp³-hybridized carbons (Fsp3) is 0.800. The van der Waals surface area contributed by atoms with Crippen molar-refractivity contribution in [3.05, 3.63) is 0 Å². The van der Waals surface area contributed by atoms with Gasteiger partial charge in [-0.15, -0.1) is 0 Å². The highest BCUT2D eigenvalue weighted by molar-refractivity contribution is 7.79. The van der Waals surface area contributed by atoms with Crippen LogP contribution >= 0.6 is 12.2 Å². The SMILES string of the molecule is S=CC1CCC1. The lowest BCUT2D eigenvalue weighted by Gasteiger charge is -2.19. The second kappa shape index (κ2) is 1.69. The summed E-state index contributed by atoms with van der Waals surface area (Å²) in [5.41, 5.74) is 0. The molecule has 1 aliphatic rings. The Kier molecular flexibility index (Phi) is 1.20. The molecule has 0 amide bonds. The molecular formula is C5H8S. The summed E-state index contributed by atoms with van der Waals surface area (Å²) in [5.74, 6) is 0.806. The van der Waals surface area contributed by atoms with E-state index in [1.54, 1.807) is 0 Å². The Morgan fingerprint density at radius 3 is 2.17 bits per heavy atom.